The van der Waals surface area contributed by atoms with Crippen LogP contribution in [0.3, 0.4) is 0 Å². The summed E-state index contributed by atoms with van der Waals surface area (Å²) in [6.07, 6.45) is 0.427. The number of hydrogen-bond acceptors (Lipinski definition) is 2. The molecule has 0 saturated heterocycles. The normalized spacial score (nSPS) is 17.6. The van der Waals surface area contributed by atoms with E-state index in [1.807, 2.05) is 6.92 Å². The zero-order valence-electron chi connectivity index (χ0n) is 7.81. The Morgan fingerprint density at radius 3 is 1.73 bits per heavy atom. The van der Waals surface area contributed by atoms with Gasteiger partial charge in [0.2, 0.25) is 0 Å². The largest absolute Gasteiger partial charge is 0.387 e. The van der Waals surface area contributed by atoms with Crippen molar-refractivity contribution in [2.75, 3.05) is 0 Å². The maximum absolute atomic E-state index is 9.71. The third-order valence-corrected chi connectivity index (χ3v) is 1.96. The second-order valence-electron chi connectivity index (χ2n) is 3.97. The zero-order valence-corrected chi connectivity index (χ0v) is 7.81. The molecule has 11 heavy (non-hydrogen) atoms. The van der Waals surface area contributed by atoms with Crippen molar-refractivity contribution in [2.24, 2.45) is 0 Å². The maximum atomic E-state index is 9.71. The van der Waals surface area contributed by atoms with Crippen molar-refractivity contribution in [3.05, 3.63) is 12.2 Å². The molecule has 0 radical (unpaired) electrons. The number of hydrogen-bond donors (Lipinski definition) is 2. The van der Waals surface area contributed by atoms with Gasteiger partial charge < -0.3 is 10.2 Å². The van der Waals surface area contributed by atoms with Gasteiger partial charge in [0, 0.05) is 0 Å². The molecule has 0 aliphatic carbocycles. The zero-order chi connectivity index (χ0) is 9.28. The molecule has 0 saturated carbocycles. The summed E-state index contributed by atoms with van der Waals surface area (Å²) in [7, 11) is 0. The fourth-order valence-electron chi connectivity index (χ4n) is 0.804. The molecule has 0 rings (SSSR count). The Hall–Kier alpha value is -0.340. The van der Waals surface area contributed by atoms with Crippen LogP contribution in [0.1, 0.15) is 34.1 Å². The molecule has 0 aromatic rings. The SMILES string of the molecule is C=C(C)CC(C)(O)C(C)(C)O. The van der Waals surface area contributed by atoms with E-state index >= 15 is 0 Å². The van der Waals surface area contributed by atoms with Gasteiger partial charge in [0.1, 0.15) is 0 Å². The van der Waals surface area contributed by atoms with Crippen LogP contribution in [-0.4, -0.2) is 21.4 Å². The lowest BCUT2D eigenvalue weighted by Gasteiger charge is -2.35. The molecule has 0 aromatic heterocycles. The minimum absolute atomic E-state index is 0.427. The third-order valence-electron chi connectivity index (χ3n) is 1.96. The molecular formula is C9H18O2. The molecule has 0 bridgehead atoms. The van der Waals surface area contributed by atoms with Gasteiger partial charge in [-0.2, -0.15) is 0 Å². The molecule has 0 heterocycles. The first-order chi connectivity index (χ1) is 4.67. The molecule has 2 N–H and O–H groups in total. The van der Waals surface area contributed by atoms with Gasteiger partial charge in [-0.3, -0.25) is 0 Å². The molecule has 66 valence electrons. The number of aliphatic hydroxyl groups is 2. The topological polar surface area (TPSA) is 40.5 Å². The summed E-state index contributed by atoms with van der Waals surface area (Å²) in [5.41, 5.74) is -1.29. The predicted octanol–water partition coefficient (Wildman–Crippen LogP) is 1.47. The van der Waals surface area contributed by atoms with Gasteiger partial charge in [0.25, 0.3) is 0 Å². The van der Waals surface area contributed by atoms with Gasteiger partial charge in [-0.1, -0.05) is 5.57 Å². The van der Waals surface area contributed by atoms with Crippen LogP contribution in [-0.2, 0) is 0 Å². The van der Waals surface area contributed by atoms with Crippen LogP contribution in [0.4, 0.5) is 0 Å². The highest BCUT2D eigenvalue weighted by molar-refractivity contribution is 5.01. The Labute approximate surface area is 68.6 Å². The standard InChI is InChI=1S/C9H18O2/c1-7(2)6-9(5,11)8(3,4)10/h10-11H,1,6H2,2-5H3. The average molecular weight is 158 g/mol. The molecule has 1 unspecified atom stereocenters. The minimum Gasteiger partial charge on any atom is -0.387 e. The van der Waals surface area contributed by atoms with Crippen molar-refractivity contribution in [3.63, 3.8) is 0 Å². The van der Waals surface area contributed by atoms with E-state index in [0.29, 0.717) is 6.42 Å². The Balaban J connectivity index is 4.34. The monoisotopic (exact) mass is 158 g/mol. The molecule has 0 spiro atoms. The minimum atomic E-state index is -1.08. The average Bonchev–Trinajstić information content (AvgIpc) is 1.56. The van der Waals surface area contributed by atoms with E-state index in [2.05, 4.69) is 6.58 Å². The van der Waals surface area contributed by atoms with Gasteiger partial charge in [0.15, 0.2) is 0 Å². The summed E-state index contributed by atoms with van der Waals surface area (Å²) in [5, 5.41) is 19.2. The van der Waals surface area contributed by atoms with Crippen molar-refractivity contribution < 1.29 is 10.2 Å². The Morgan fingerprint density at radius 1 is 1.27 bits per heavy atom. The lowest BCUT2D eigenvalue weighted by atomic mass is 9.83. The fourth-order valence-corrected chi connectivity index (χ4v) is 0.804. The first-order valence-electron chi connectivity index (χ1n) is 3.76. The van der Waals surface area contributed by atoms with Crippen LogP contribution in [0.25, 0.3) is 0 Å². The molecule has 0 aliphatic rings. The van der Waals surface area contributed by atoms with E-state index in [-0.39, 0.29) is 0 Å². The first-order valence-corrected chi connectivity index (χ1v) is 3.76. The van der Waals surface area contributed by atoms with E-state index < -0.39 is 11.2 Å². The Morgan fingerprint density at radius 2 is 1.64 bits per heavy atom. The van der Waals surface area contributed by atoms with Gasteiger partial charge in [-0.25, -0.2) is 0 Å². The van der Waals surface area contributed by atoms with E-state index in [9.17, 15) is 10.2 Å². The molecule has 1 atom stereocenters. The molecular weight excluding hydrogens is 140 g/mol. The summed E-state index contributed by atoms with van der Waals surface area (Å²) in [5.74, 6) is 0. The second-order valence-corrected chi connectivity index (χ2v) is 3.97. The molecule has 0 aliphatic heterocycles. The van der Waals surface area contributed by atoms with Gasteiger partial charge >= 0.3 is 0 Å². The number of rotatable bonds is 3. The highest BCUT2D eigenvalue weighted by Gasteiger charge is 2.36. The summed E-state index contributed by atoms with van der Waals surface area (Å²) in [4.78, 5) is 0. The van der Waals surface area contributed by atoms with E-state index in [0.717, 1.165) is 5.57 Å². The Bertz CT molecular complexity index is 151. The van der Waals surface area contributed by atoms with Crippen LogP contribution in [0.5, 0.6) is 0 Å². The van der Waals surface area contributed by atoms with Crippen LogP contribution >= 0.6 is 0 Å². The predicted molar refractivity (Wildman–Crippen MR) is 46.4 cm³/mol. The Kier molecular flexibility index (Phi) is 2.86. The van der Waals surface area contributed by atoms with E-state index in [1.165, 1.54) is 0 Å². The smallest absolute Gasteiger partial charge is 0.0936 e. The molecule has 0 aromatic carbocycles. The fraction of sp³-hybridized carbons (Fsp3) is 0.778. The van der Waals surface area contributed by atoms with Crippen molar-refractivity contribution in [1.82, 2.24) is 0 Å². The summed E-state index contributed by atoms with van der Waals surface area (Å²) in [6.45, 7) is 10.3. The lowest BCUT2D eigenvalue weighted by Crippen LogP contribution is -2.47. The van der Waals surface area contributed by atoms with Gasteiger partial charge in [-0.15, -0.1) is 6.58 Å². The highest BCUT2D eigenvalue weighted by Crippen LogP contribution is 2.27. The highest BCUT2D eigenvalue weighted by atomic mass is 16.3. The van der Waals surface area contributed by atoms with Crippen LogP contribution in [0.2, 0.25) is 0 Å². The molecule has 2 heteroatoms. The molecule has 0 fully saturated rings. The van der Waals surface area contributed by atoms with Crippen LogP contribution in [0.15, 0.2) is 12.2 Å². The molecule has 2 nitrogen and oxygen atoms in total. The quantitative estimate of drug-likeness (QED) is 0.611. The van der Waals surface area contributed by atoms with Crippen LogP contribution in [0, 0.1) is 0 Å². The summed E-state index contributed by atoms with van der Waals surface area (Å²) < 4.78 is 0. The van der Waals surface area contributed by atoms with Crippen molar-refractivity contribution >= 4 is 0 Å². The lowest BCUT2D eigenvalue weighted by molar-refractivity contribution is -0.118. The van der Waals surface area contributed by atoms with Crippen molar-refractivity contribution in [1.29, 1.82) is 0 Å². The maximum Gasteiger partial charge on any atom is 0.0936 e. The molecule has 0 amide bonds. The third kappa shape index (κ3) is 3.04. The second kappa shape index (κ2) is 2.95. The van der Waals surface area contributed by atoms with Crippen LogP contribution < -0.4 is 0 Å². The van der Waals surface area contributed by atoms with Crippen molar-refractivity contribution in [2.45, 2.75) is 45.3 Å². The first kappa shape index (κ1) is 10.7. The van der Waals surface area contributed by atoms with E-state index in [1.54, 1.807) is 20.8 Å². The summed E-state index contributed by atoms with van der Waals surface area (Å²) in [6, 6.07) is 0. The van der Waals surface area contributed by atoms with Gasteiger partial charge in [-0.05, 0) is 34.1 Å². The van der Waals surface area contributed by atoms with Crippen molar-refractivity contribution in [3.8, 4) is 0 Å². The van der Waals surface area contributed by atoms with E-state index in [4.69, 9.17) is 0 Å². The summed E-state index contributed by atoms with van der Waals surface area (Å²) >= 11 is 0. The van der Waals surface area contributed by atoms with Gasteiger partial charge in [0.05, 0.1) is 11.2 Å².